The van der Waals surface area contributed by atoms with Gasteiger partial charge in [-0.3, -0.25) is 0 Å². The number of nitrogens with one attached hydrogen (secondary N) is 1. The maximum atomic E-state index is 8.49. The summed E-state index contributed by atoms with van der Waals surface area (Å²) in [5, 5.41) is 2.63. The lowest BCUT2D eigenvalue weighted by atomic mass is 10.1. The van der Waals surface area contributed by atoms with Crippen molar-refractivity contribution in [1.82, 2.24) is 4.90 Å². The van der Waals surface area contributed by atoms with Gasteiger partial charge < -0.3 is 18.8 Å². The fraction of sp³-hybridized carbons (Fsp3) is 0.318. The van der Waals surface area contributed by atoms with E-state index in [0.29, 0.717) is 16.5 Å². The summed E-state index contributed by atoms with van der Waals surface area (Å²) in [4.78, 5) is 5.70. The van der Waals surface area contributed by atoms with Gasteiger partial charge in [0.25, 0.3) is 0 Å². The van der Waals surface area contributed by atoms with Crippen molar-refractivity contribution in [1.29, 1.82) is 0 Å². The Bertz CT molecular complexity index is 1120. The first-order valence-corrected chi connectivity index (χ1v) is 11.4. The van der Waals surface area contributed by atoms with Crippen molar-refractivity contribution >= 4 is 22.6 Å². The summed E-state index contributed by atoms with van der Waals surface area (Å²) < 4.78 is 50.9. The summed E-state index contributed by atoms with van der Waals surface area (Å²) in [6, 6.07) is 13.4. The maximum absolute atomic E-state index is 8.49. The smallest absolute Gasteiger partial charge is 0.213 e. The number of benzene rings is 2. The maximum Gasteiger partial charge on any atom is 0.213 e. The second-order valence-electron chi connectivity index (χ2n) is 7.20. The molecule has 2 aromatic carbocycles. The zero-order chi connectivity index (χ0) is 24.6. The van der Waals surface area contributed by atoms with Gasteiger partial charge in [-0.15, -0.1) is 10.2 Å². The van der Waals surface area contributed by atoms with Crippen molar-refractivity contribution < 1.29 is 47.8 Å². The Kier molecular flexibility index (Phi) is 9.93. The van der Waals surface area contributed by atoms with Crippen LogP contribution in [0.15, 0.2) is 46.9 Å². The summed E-state index contributed by atoms with van der Waals surface area (Å²) in [6.07, 6.45) is 1.03. The van der Waals surface area contributed by atoms with E-state index in [1.807, 2.05) is 42.5 Å². The molecular weight excluding hydrogens is 475 g/mol. The molecule has 0 atom stereocenters. The number of rotatable bonds is 7. The molecule has 180 valence electrons. The Hall–Kier alpha value is -2.37. The molecule has 9 nitrogen and oxygen atoms in total. The second-order valence-corrected chi connectivity index (χ2v) is 8.39. The number of halogens is 2. The summed E-state index contributed by atoms with van der Waals surface area (Å²) in [6.45, 7) is 1.88. The minimum atomic E-state index is -4.94. The molecule has 0 aliphatic carbocycles. The molecule has 0 amide bonds. The van der Waals surface area contributed by atoms with Gasteiger partial charge in [0.05, 0.1) is 25.7 Å². The SMILES string of the molecule is COc1ccc(-c2cc(=[NH+]CCCN(C)C)c3cc(Cl)ccc3o2)cc1OC.[O-][Cl+3]([O-])([O-])[O-]. The molecule has 0 spiro atoms. The van der Waals surface area contributed by atoms with E-state index in [1.165, 1.54) is 0 Å². The highest BCUT2D eigenvalue weighted by Gasteiger charge is 2.12. The molecule has 3 rings (SSSR count). The van der Waals surface area contributed by atoms with E-state index >= 15 is 0 Å². The predicted molar refractivity (Wildman–Crippen MR) is 112 cm³/mol. The van der Waals surface area contributed by atoms with Gasteiger partial charge >= 0.3 is 0 Å². The van der Waals surface area contributed by atoms with Gasteiger partial charge in [-0.1, -0.05) is 11.6 Å². The van der Waals surface area contributed by atoms with Crippen LogP contribution in [0, 0.1) is 10.2 Å². The average Bonchev–Trinajstić information content (AvgIpc) is 2.74. The van der Waals surface area contributed by atoms with Crippen molar-refractivity contribution in [3.63, 3.8) is 0 Å². The monoisotopic (exact) mass is 500 g/mol. The highest BCUT2D eigenvalue weighted by molar-refractivity contribution is 6.31. The van der Waals surface area contributed by atoms with Crippen LogP contribution >= 0.6 is 11.6 Å². The third-order valence-electron chi connectivity index (χ3n) is 4.49. The normalized spacial score (nSPS) is 12.0. The molecular formula is C22H26Cl2N2O7. The lowest BCUT2D eigenvalue weighted by Gasteiger charge is -2.17. The van der Waals surface area contributed by atoms with E-state index in [4.69, 9.17) is 44.1 Å². The highest BCUT2D eigenvalue weighted by Crippen LogP contribution is 2.32. The fourth-order valence-corrected chi connectivity index (χ4v) is 3.23. The fourth-order valence-electron chi connectivity index (χ4n) is 3.05. The van der Waals surface area contributed by atoms with Gasteiger partial charge in [0.1, 0.15) is 17.9 Å². The average molecular weight is 501 g/mol. The molecule has 3 aromatic rings. The number of ether oxygens (including phenoxy) is 2. The lowest BCUT2D eigenvalue weighted by Crippen LogP contribution is -2.77. The van der Waals surface area contributed by atoms with Gasteiger partial charge in [0.15, 0.2) is 11.5 Å². The van der Waals surface area contributed by atoms with Crippen LogP contribution in [0.4, 0.5) is 0 Å². The Morgan fingerprint density at radius 2 is 1.64 bits per heavy atom. The van der Waals surface area contributed by atoms with Gasteiger partial charge in [-0.25, -0.2) is 23.6 Å². The Morgan fingerprint density at radius 3 is 2.24 bits per heavy atom. The number of methoxy groups -OCH3 is 2. The van der Waals surface area contributed by atoms with Crippen molar-refractivity contribution in [2.75, 3.05) is 41.4 Å². The van der Waals surface area contributed by atoms with Crippen LogP contribution in [0.5, 0.6) is 11.5 Å². The number of fused-ring (bicyclic) bond motifs is 1. The molecule has 0 saturated carbocycles. The molecule has 0 aliphatic heterocycles. The molecule has 1 aromatic heterocycles. The quantitative estimate of drug-likeness (QED) is 0.365. The van der Waals surface area contributed by atoms with Crippen molar-refractivity contribution in [2.45, 2.75) is 6.42 Å². The second kappa shape index (κ2) is 12.2. The number of hydrogen-bond donors (Lipinski definition) is 1. The van der Waals surface area contributed by atoms with E-state index in [0.717, 1.165) is 47.2 Å². The molecule has 1 N–H and O–H groups in total. The topological polar surface area (TPSA) is 141 Å². The summed E-state index contributed by atoms with van der Waals surface area (Å²) in [7, 11) is 2.45. The molecule has 11 heteroatoms. The van der Waals surface area contributed by atoms with Crippen molar-refractivity contribution in [3.05, 3.63) is 52.8 Å². The summed E-state index contributed by atoms with van der Waals surface area (Å²) >= 11 is 6.22. The number of nitrogens with zero attached hydrogens (tertiary/aromatic N) is 1. The van der Waals surface area contributed by atoms with E-state index < -0.39 is 10.2 Å². The van der Waals surface area contributed by atoms with Gasteiger partial charge in [-0.2, -0.15) is 0 Å². The first-order valence-electron chi connectivity index (χ1n) is 9.81. The Labute approximate surface area is 198 Å². The first kappa shape index (κ1) is 26.9. The molecule has 0 aliphatic rings. The zero-order valence-electron chi connectivity index (χ0n) is 18.7. The van der Waals surface area contributed by atoms with Crippen LogP contribution in [0.3, 0.4) is 0 Å². The molecule has 33 heavy (non-hydrogen) atoms. The molecule has 1 heterocycles. The van der Waals surface area contributed by atoms with Crippen LogP contribution in [0.1, 0.15) is 6.42 Å². The minimum absolute atomic E-state index is 0.659. The predicted octanol–water partition coefficient (Wildman–Crippen LogP) is -2.05. The molecule has 0 radical (unpaired) electrons. The highest BCUT2D eigenvalue weighted by atomic mass is 35.7. The molecule has 0 unspecified atom stereocenters. The lowest BCUT2D eigenvalue weighted by molar-refractivity contribution is -2.00. The van der Waals surface area contributed by atoms with Crippen LogP contribution in [0.2, 0.25) is 5.02 Å². The number of hydrogen-bond acceptors (Lipinski definition) is 8. The van der Waals surface area contributed by atoms with Gasteiger partial charge in [-0.05, 0) is 50.5 Å². The van der Waals surface area contributed by atoms with Crippen molar-refractivity contribution in [2.24, 2.45) is 0 Å². The molecule has 0 fully saturated rings. The molecule has 0 saturated heterocycles. The van der Waals surface area contributed by atoms with Crippen molar-refractivity contribution in [3.8, 4) is 22.8 Å². The Morgan fingerprint density at radius 1 is 0.970 bits per heavy atom. The van der Waals surface area contributed by atoms with E-state index in [9.17, 15) is 0 Å². The summed E-state index contributed by atoms with van der Waals surface area (Å²) in [5.41, 5.74) is 1.68. The Balaban J connectivity index is 0.000000696. The van der Waals surface area contributed by atoms with Crippen LogP contribution in [0.25, 0.3) is 22.3 Å². The van der Waals surface area contributed by atoms with Crippen LogP contribution in [-0.4, -0.2) is 46.3 Å². The van der Waals surface area contributed by atoms with E-state index in [-0.39, 0.29) is 0 Å². The zero-order valence-corrected chi connectivity index (χ0v) is 20.2. The minimum Gasteiger partial charge on any atom is -0.493 e. The van der Waals surface area contributed by atoms with Crippen LogP contribution in [-0.2, 0) is 0 Å². The van der Waals surface area contributed by atoms with E-state index in [1.54, 1.807) is 14.2 Å². The summed E-state index contributed by atoms with van der Waals surface area (Å²) in [5.74, 6) is 2.08. The van der Waals surface area contributed by atoms with Gasteiger partial charge in [0.2, 0.25) is 5.36 Å². The largest absolute Gasteiger partial charge is 0.493 e. The van der Waals surface area contributed by atoms with Crippen LogP contribution < -0.4 is 38.5 Å². The van der Waals surface area contributed by atoms with Gasteiger partial charge in [0, 0.05) is 23.6 Å². The third kappa shape index (κ3) is 8.82. The first-order chi connectivity index (χ1) is 15.5. The third-order valence-corrected chi connectivity index (χ3v) is 4.73. The molecule has 0 bridgehead atoms. The standard InChI is InChI=1S/C22H25ClN2O3.ClHO4/c1-25(2)11-5-10-24-18-14-21(28-19-9-7-16(23)13-17(18)19)15-6-8-20(26-3)22(12-15)27-4;2-1(3,4)5/h6-9,12-14H,5,10-11H2,1-4H3;(H,2,3,4,5). The van der Waals surface area contributed by atoms with E-state index in [2.05, 4.69) is 24.0 Å².